The van der Waals surface area contributed by atoms with Crippen LogP contribution in [0.15, 0.2) is 71.9 Å². The van der Waals surface area contributed by atoms with Crippen molar-refractivity contribution in [2.75, 3.05) is 13.1 Å². The highest BCUT2D eigenvalue weighted by Crippen LogP contribution is 2.33. The Bertz CT molecular complexity index is 996. The van der Waals surface area contributed by atoms with E-state index in [0.29, 0.717) is 11.5 Å². The summed E-state index contributed by atoms with van der Waals surface area (Å²) in [6.45, 7) is 3.64. The number of nitrogens with zero attached hydrogens (tertiary/aromatic N) is 2. The Kier molecular flexibility index (Phi) is 6.76. The maximum absolute atomic E-state index is 13.0. The van der Waals surface area contributed by atoms with Gasteiger partial charge in [-0.05, 0) is 54.5 Å². The molecule has 1 fully saturated rings. The highest BCUT2D eigenvalue weighted by Gasteiger charge is 2.24. The number of amides is 1. The van der Waals surface area contributed by atoms with Crippen LogP contribution in [-0.4, -0.2) is 28.9 Å². The Balaban J connectivity index is 1.38. The molecule has 1 amide bonds. The van der Waals surface area contributed by atoms with Gasteiger partial charge in [0.25, 0.3) is 5.91 Å². The zero-order valence-electron chi connectivity index (χ0n) is 17.1. The van der Waals surface area contributed by atoms with Gasteiger partial charge in [0.2, 0.25) is 0 Å². The molecule has 1 saturated heterocycles. The van der Waals surface area contributed by atoms with Gasteiger partial charge in [-0.1, -0.05) is 54.1 Å². The van der Waals surface area contributed by atoms with Crippen LogP contribution in [0.4, 0.5) is 0 Å². The molecule has 0 atom stereocenters. The molecule has 0 radical (unpaired) electrons. The van der Waals surface area contributed by atoms with Crippen molar-refractivity contribution < 1.29 is 4.79 Å². The zero-order valence-corrected chi connectivity index (χ0v) is 18.6. The highest BCUT2D eigenvalue weighted by molar-refractivity contribution is 7.98. The van der Waals surface area contributed by atoms with Crippen molar-refractivity contribution in [3.05, 3.63) is 94.3 Å². The number of rotatable bonds is 5. The lowest BCUT2D eigenvalue weighted by Gasteiger charge is -2.32. The third kappa shape index (κ3) is 4.88. The van der Waals surface area contributed by atoms with Crippen LogP contribution in [-0.2, 0) is 5.75 Å². The smallest absolute Gasteiger partial charge is 0.255 e. The number of carbonyl (C=O) groups excluding carboxylic acids is 1. The molecule has 0 aliphatic carbocycles. The molecule has 1 aromatic heterocycles. The lowest BCUT2D eigenvalue weighted by atomic mass is 9.89. The number of halogens is 1. The predicted molar refractivity (Wildman–Crippen MR) is 124 cm³/mol. The molecule has 0 unspecified atom stereocenters. The van der Waals surface area contributed by atoms with Crippen molar-refractivity contribution in [3.8, 4) is 0 Å². The summed E-state index contributed by atoms with van der Waals surface area (Å²) >= 11 is 8.02. The lowest BCUT2D eigenvalue weighted by molar-refractivity contribution is 0.0712. The van der Waals surface area contributed by atoms with Gasteiger partial charge >= 0.3 is 0 Å². The number of benzene rings is 2. The second kappa shape index (κ2) is 9.67. The first kappa shape index (κ1) is 21.0. The van der Waals surface area contributed by atoms with E-state index < -0.39 is 0 Å². The summed E-state index contributed by atoms with van der Waals surface area (Å²) in [7, 11) is 0. The highest BCUT2D eigenvalue weighted by atomic mass is 35.5. The van der Waals surface area contributed by atoms with Gasteiger partial charge in [0.05, 0.1) is 10.6 Å². The van der Waals surface area contributed by atoms with Crippen LogP contribution in [0.3, 0.4) is 0 Å². The third-order valence-electron chi connectivity index (χ3n) is 5.64. The van der Waals surface area contributed by atoms with Gasteiger partial charge in [-0.2, -0.15) is 0 Å². The number of hydrogen-bond acceptors (Lipinski definition) is 3. The number of aromatic nitrogens is 1. The van der Waals surface area contributed by atoms with Gasteiger partial charge in [0.1, 0.15) is 0 Å². The zero-order chi connectivity index (χ0) is 20.9. The van der Waals surface area contributed by atoms with Crippen LogP contribution >= 0.6 is 23.4 Å². The molecule has 2 heterocycles. The number of pyridine rings is 1. The van der Waals surface area contributed by atoms with Crippen molar-refractivity contribution >= 4 is 29.3 Å². The summed E-state index contributed by atoms with van der Waals surface area (Å²) in [5, 5.41) is 0.765. The molecule has 3 aromatic rings. The second-order valence-electron chi connectivity index (χ2n) is 7.73. The Hall–Kier alpha value is -2.30. The van der Waals surface area contributed by atoms with E-state index in [1.165, 1.54) is 5.56 Å². The molecule has 0 N–H and O–H groups in total. The van der Waals surface area contributed by atoms with Crippen LogP contribution in [0.5, 0.6) is 0 Å². The van der Waals surface area contributed by atoms with Crippen LogP contribution < -0.4 is 0 Å². The minimum Gasteiger partial charge on any atom is -0.339 e. The van der Waals surface area contributed by atoms with Crippen molar-refractivity contribution in [3.63, 3.8) is 0 Å². The van der Waals surface area contributed by atoms with Crippen LogP contribution in [0.25, 0.3) is 0 Å². The van der Waals surface area contributed by atoms with E-state index in [-0.39, 0.29) is 5.91 Å². The lowest BCUT2D eigenvalue weighted by Crippen LogP contribution is -2.38. The largest absolute Gasteiger partial charge is 0.339 e. The minimum absolute atomic E-state index is 0.0785. The predicted octanol–water partition coefficient (Wildman–Crippen LogP) is 6.36. The fourth-order valence-electron chi connectivity index (χ4n) is 3.96. The summed E-state index contributed by atoms with van der Waals surface area (Å²) in [6, 6.07) is 18.5. The first-order chi connectivity index (χ1) is 14.6. The number of carbonyl (C=O) groups is 1. The standard InChI is InChI=1S/C25H25ClN2OS/c1-18-6-5-9-23(26)24(18)30-17-19-14-22(16-27-15-19)25(29)28-12-10-21(11-13-28)20-7-3-2-4-8-20/h2-9,14-16,21H,10-13,17H2,1H3. The number of thioether (sulfide) groups is 1. The molecule has 0 saturated carbocycles. The maximum atomic E-state index is 13.0. The Morgan fingerprint density at radius 3 is 2.60 bits per heavy atom. The molecule has 0 spiro atoms. The SMILES string of the molecule is Cc1cccc(Cl)c1SCc1cncc(C(=O)N2CCC(c3ccccc3)CC2)c1. The fraction of sp³-hybridized carbons (Fsp3) is 0.280. The minimum atomic E-state index is 0.0785. The van der Waals surface area contributed by atoms with E-state index in [1.807, 2.05) is 35.4 Å². The second-order valence-corrected chi connectivity index (χ2v) is 9.13. The molecule has 5 heteroatoms. The molecular formula is C25H25ClN2OS. The van der Waals surface area contributed by atoms with E-state index in [4.69, 9.17) is 11.6 Å². The summed E-state index contributed by atoms with van der Waals surface area (Å²) in [6.07, 6.45) is 5.52. The van der Waals surface area contributed by atoms with Gasteiger partial charge in [-0.25, -0.2) is 0 Å². The third-order valence-corrected chi connectivity index (χ3v) is 7.38. The molecule has 3 nitrogen and oxygen atoms in total. The summed E-state index contributed by atoms with van der Waals surface area (Å²) in [5.41, 5.74) is 4.24. The molecule has 4 rings (SSSR count). The van der Waals surface area contributed by atoms with E-state index in [9.17, 15) is 4.79 Å². The van der Waals surface area contributed by atoms with Gasteiger partial charge < -0.3 is 4.90 Å². The van der Waals surface area contributed by atoms with Crippen molar-refractivity contribution in [1.29, 1.82) is 0 Å². The average molecular weight is 437 g/mol. The molecule has 154 valence electrons. The molecule has 1 aliphatic rings. The number of aryl methyl sites for hydroxylation is 1. The summed E-state index contributed by atoms with van der Waals surface area (Å²) in [4.78, 5) is 20.4. The maximum Gasteiger partial charge on any atom is 0.255 e. The number of hydrogen-bond donors (Lipinski definition) is 0. The van der Waals surface area contributed by atoms with Gasteiger partial charge in [-0.15, -0.1) is 11.8 Å². The summed E-state index contributed by atoms with van der Waals surface area (Å²) in [5.74, 6) is 1.35. The molecule has 2 aromatic carbocycles. The van der Waals surface area contributed by atoms with Crippen LogP contribution in [0.1, 0.15) is 45.8 Å². The van der Waals surface area contributed by atoms with Crippen molar-refractivity contribution in [2.24, 2.45) is 0 Å². The van der Waals surface area contributed by atoms with Crippen LogP contribution in [0.2, 0.25) is 5.02 Å². The van der Waals surface area contributed by atoms with Crippen molar-refractivity contribution in [1.82, 2.24) is 9.88 Å². The molecule has 1 aliphatic heterocycles. The van der Waals surface area contributed by atoms with Gasteiger partial charge in [0, 0.05) is 36.1 Å². The fourth-order valence-corrected chi connectivity index (χ4v) is 5.32. The molecular weight excluding hydrogens is 412 g/mol. The monoisotopic (exact) mass is 436 g/mol. The van der Waals surface area contributed by atoms with Gasteiger partial charge in [0.15, 0.2) is 0 Å². The van der Waals surface area contributed by atoms with E-state index >= 15 is 0 Å². The normalized spacial score (nSPS) is 14.7. The van der Waals surface area contributed by atoms with E-state index in [0.717, 1.165) is 52.7 Å². The first-order valence-electron chi connectivity index (χ1n) is 10.3. The Morgan fingerprint density at radius 2 is 1.87 bits per heavy atom. The molecule has 30 heavy (non-hydrogen) atoms. The Labute approximate surface area is 187 Å². The van der Waals surface area contributed by atoms with E-state index in [2.05, 4.69) is 42.2 Å². The molecule has 0 bridgehead atoms. The number of likely N-dealkylation sites (tertiary alicyclic amines) is 1. The number of piperidine rings is 1. The van der Waals surface area contributed by atoms with E-state index in [1.54, 1.807) is 18.0 Å². The topological polar surface area (TPSA) is 33.2 Å². The average Bonchev–Trinajstić information content (AvgIpc) is 2.79. The quantitative estimate of drug-likeness (QED) is 0.436. The summed E-state index contributed by atoms with van der Waals surface area (Å²) < 4.78 is 0. The Morgan fingerprint density at radius 1 is 1.10 bits per heavy atom. The first-order valence-corrected chi connectivity index (χ1v) is 11.6. The van der Waals surface area contributed by atoms with Crippen molar-refractivity contribution in [2.45, 2.75) is 36.3 Å². The van der Waals surface area contributed by atoms with Gasteiger partial charge in [-0.3, -0.25) is 9.78 Å². The van der Waals surface area contributed by atoms with Crippen LogP contribution in [0, 0.1) is 6.92 Å².